The van der Waals surface area contributed by atoms with E-state index in [1.165, 1.54) is 7.11 Å². The Morgan fingerprint density at radius 2 is 2.12 bits per heavy atom. The number of amides is 1. The van der Waals surface area contributed by atoms with Gasteiger partial charge < -0.3 is 9.47 Å². The Bertz CT molecular complexity index is 379. The third kappa shape index (κ3) is 4.84. The van der Waals surface area contributed by atoms with Gasteiger partial charge in [0.05, 0.1) is 0 Å². The van der Waals surface area contributed by atoms with Crippen LogP contribution in [0.1, 0.15) is 11.1 Å². The van der Waals surface area contributed by atoms with Crippen molar-refractivity contribution < 1.29 is 19.1 Å². The van der Waals surface area contributed by atoms with Crippen molar-refractivity contribution in [1.82, 2.24) is 5.48 Å². The summed E-state index contributed by atoms with van der Waals surface area (Å²) in [7, 11) is 1.47. The molecule has 17 heavy (non-hydrogen) atoms. The van der Waals surface area contributed by atoms with Gasteiger partial charge in [-0.15, -0.1) is 0 Å². The fraction of sp³-hybridized carbons (Fsp3) is 0.417. The van der Waals surface area contributed by atoms with Crippen LogP contribution in [0.3, 0.4) is 0 Å². The largest absolute Gasteiger partial charge is 0.483 e. The van der Waals surface area contributed by atoms with Gasteiger partial charge in [-0.3, -0.25) is 4.79 Å². The van der Waals surface area contributed by atoms with E-state index in [2.05, 4.69) is 15.1 Å². The van der Waals surface area contributed by atoms with Crippen LogP contribution in [-0.2, 0) is 14.4 Å². The zero-order valence-electron chi connectivity index (χ0n) is 10.3. The number of carbonyl (C=O) groups excluding carboxylic acids is 1. The van der Waals surface area contributed by atoms with Crippen molar-refractivity contribution in [2.45, 2.75) is 13.8 Å². The molecule has 0 spiro atoms. The molecule has 5 heteroatoms. The Hall–Kier alpha value is -1.59. The fourth-order valence-corrected chi connectivity index (χ4v) is 1.20. The monoisotopic (exact) mass is 239 g/mol. The number of rotatable bonds is 6. The van der Waals surface area contributed by atoms with Crippen LogP contribution < -0.4 is 10.2 Å². The van der Waals surface area contributed by atoms with E-state index in [4.69, 9.17) is 4.74 Å². The molecule has 0 aliphatic carbocycles. The summed E-state index contributed by atoms with van der Waals surface area (Å²) in [6.45, 7) is 3.81. The first-order valence-electron chi connectivity index (χ1n) is 5.23. The van der Waals surface area contributed by atoms with Crippen molar-refractivity contribution in [3.05, 3.63) is 29.3 Å². The van der Waals surface area contributed by atoms with E-state index in [-0.39, 0.29) is 19.3 Å². The summed E-state index contributed by atoms with van der Waals surface area (Å²) in [6.07, 6.45) is 0. The van der Waals surface area contributed by atoms with Crippen LogP contribution in [0.4, 0.5) is 0 Å². The van der Waals surface area contributed by atoms with Gasteiger partial charge in [0.1, 0.15) is 5.75 Å². The first-order valence-corrected chi connectivity index (χ1v) is 5.23. The first-order chi connectivity index (χ1) is 8.13. The van der Waals surface area contributed by atoms with Crippen LogP contribution >= 0.6 is 0 Å². The van der Waals surface area contributed by atoms with Crippen molar-refractivity contribution in [1.29, 1.82) is 0 Å². The highest BCUT2D eigenvalue weighted by Crippen LogP contribution is 2.18. The predicted octanol–water partition coefficient (Wildman–Crippen LogP) is 1.33. The van der Waals surface area contributed by atoms with Gasteiger partial charge in [0.15, 0.2) is 13.4 Å². The second-order valence-corrected chi connectivity index (χ2v) is 3.63. The van der Waals surface area contributed by atoms with Gasteiger partial charge in [-0.2, -0.15) is 0 Å². The molecule has 0 bridgehead atoms. The summed E-state index contributed by atoms with van der Waals surface area (Å²) in [5.74, 6) is 0.342. The summed E-state index contributed by atoms with van der Waals surface area (Å²) < 4.78 is 9.99. The summed E-state index contributed by atoms with van der Waals surface area (Å²) in [5, 5.41) is 0. The third-order valence-electron chi connectivity index (χ3n) is 2.07. The van der Waals surface area contributed by atoms with Gasteiger partial charge in [-0.05, 0) is 31.0 Å². The van der Waals surface area contributed by atoms with Crippen LogP contribution in [0, 0.1) is 13.8 Å². The van der Waals surface area contributed by atoms with Gasteiger partial charge >= 0.3 is 0 Å². The Morgan fingerprint density at radius 1 is 1.35 bits per heavy atom. The molecule has 0 saturated heterocycles. The maximum atomic E-state index is 11.3. The number of nitrogens with one attached hydrogen (secondary N) is 1. The van der Waals surface area contributed by atoms with Crippen molar-refractivity contribution in [3.8, 4) is 5.75 Å². The molecule has 0 aromatic heterocycles. The number of hydrogen-bond donors (Lipinski definition) is 1. The minimum atomic E-state index is -0.358. The summed E-state index contributed by atoms with van der Waals surface area (Å²) >= 11 is 0. The molecular weight excluding hydrogens is 222 g/mol. The molecule has 0 aliphatic heterocycles. The standard InChI is InChI=1S/C12H17NO4/c1-9-4-5-10(2)11(6-9)16-7-12(14)13-17-8-15-3/h4-6H,7-8H2,1-3H3,(H,13,14). The van der Waals surface area contributed by atoms with Crippen LogP contribution in [0.15, 0.2) is 18.2 Å². The number of methoxy groups -OCH3 is 1. The van der Waals surface area contributed by atoms with Crippen molar-refractivity contribution in [2.75, 3.05) is 20.5 Å². The average molecular weight is 239 g/mol. The van der Waals surface area contributed by atoms with E-state index in [0.29, 0.717) is 5.75 Å². The van der Waals surface area contributed by atoms with E-state index >= 15 is 0 Å². The highest BCUT2D eigenvalue weighted by Gasteiger charge is 2.04. The predicted molar refractivity (Wildman–Crippen MR) is 62.5 cm³/mol. The number of aryl methyl sites for hydroxylation is 2. The number of carbonyl (C=O) groups is 1. The Kier molecular flexibility index (Phi) is 5.45. The molecule has 0 atom stereocenters. The molecular formula is C12H17NO4. The Labute approximate surface area is 101 Å². The zero-order valence-corrected chi connectivity index (χ0v) is 10.3. The molecule has 0 fully saturated rings. The minimum absolute atomic E-state index is 0.00914. The van der Waals surface area contributed by atoms with E-state index in [1.54, 1.807) is 0 Å². The molecule has 94 valence electrons. The summed E-state index contributed by atoms with van der Waals surface area (Å²) in [4.78, 5) is 16.0. The highest BCUT2D eigenvalue weighted by molar-refractivity contribution is 5.76. The van der Waals surface area contributed by atoms with E-state index in [0.717, 1.165) is 11.1 Å². The maximum absolute atomic E-state index is 11.3. The zero-order chi connectivity index (χ0) is 12.7. The molecule has 0 unspecified atom stereocenters. The second kappa shape index (κ2) is 6.88. The molecule has 0 saturated carbocycles. The molecule has 1 aromatic rings. The molecule has 1 amide bonds. The number of hydrogen-bond acceptors (Lipinski definition) is 4. The van der Waals surface area contributed by atoms with Gasteiger partial charge in [0.25, 0.3) is 5.91 Å². The second-order valence-electron chi connectivity index (χ2n) is 3.63. The lowest BCUT2D eigenvalue weighted by Gasteiger charge is -2.10. The third-order valence-corrected chi connectivity index (χ3v) is 2.07. The lowest BCUT2D eigenvalue weighted by molar-refractivity contribution is -0.146. The summed E-state index contributed by atoms with van der Waals surface area (Å²) in [5.41, 5.74) is 4.27. The highest BCUT2D eigenvalue weighted by atomic mass is 16.8. The average Bonchev–Trinajstić information content (AvgIpc) is 2.31. The lowest BCUT2D eigenvalue weighted by atomic mass is 10.1. The fourth-order valence-electron chi connectivity index (χ4n) is 1.20. The van der Waals surface area contributed by atoms with Crippen molar-refractivity contribution >= 4 is 5.91 Å². The van der Waals surface area contributed by atoms with E-state index in [1.807, 2.05) is 32.0 Å². The maximum Gasteiger partial charge on any atom is 0.281 e. The first kappa shape index (κ1) is 13.5. The molecule has 1 aromatic carbocycles. The molecule has 0 radical (unpaired) electrons. The van der Waals surface area contributed by atoms with Crippen LogP contribution in [-0.4, -0.2) is 26.4 Å². The number of ether oxygens (including phenoxy) is 2. The Balaban J connectivity index is 2.39. The van der Waals surface area contributed by atoms with E-state index in [9.17, 15) is 4.79 Å². The lowest BCUT2D eigenvalue weighted by Crippen LogP contribution is -2.29. The molecule has 5 nitrogen and oxygen atoms in total. The quantitative estimate of drug-likeness (QED) is 0.462. The SMILES string of the molecule is COCONC(=O)COc1cc(C)ccc1C. The van der Waals surface area contributed by atoms with Gasteiger partial charge in [-0.1, -0.05) is 12.1 Å². The van der Waals surface area contributed by atoms with Crippen molar-refractivity contribution in [2.24, 2.45) is 0 Å². The van der Waals surface area contributed by atoms with E-state index < -0.39 is 0 Å². The smallest absolute Gasteiger partial charge is 0.281 e. The molecule has 0 heterocycles. The molecule has 0 aliphatic rings. The Morgan fingerprint density at radius 3 is 2.82 bits per heavy atom. The summed E-state index contributed by atoms with van der Waals surface area (Å²) in [6, 6.07) is 5.83. The van der Waals surface area contributed by atoms with Crippen LogP contribution in [0.25, 0.3) is 0 Å². The van der Waals surface area contributed by atoms with Gasteiger partial charge in [0.2, 0.25) is 0 Å². The van der Waals surface area contributed by atoms with Crippen LogP contribution in [0.5, 0.6) is 5.75 Å². The van der Waals surface area contributed by atoms with Gasteiger partial charge in [-0.25, -0.2) is 10.3 Å². The minimum Gasteiger partial charge on any atom is -0.483 e. The number of hydroxylamine groups is 1. The number of benzene rings is 1. The van der Waals surface area contributed by atoms with Crippen LogP contribution in [0.2, 0.25) is 0 Å². The molecule has 1 rings (SSSR count). The van der Waals surface area contributed by atoms with Gasteiger partial charge in [0, 0.05) is 7.11 Å². The normalized spacial score (nSPS) is 10.1. The topological polar surface area (TPSA) is 56.8 Å². The molecule has 1 N–H and O–H groups in total. The van der Waals surface area contributed by atoms with Crippen molar-refractivity contribution in [3.63, 3.8) is 0 Å².